The van der Waals surface area contributed by atoms with Crippen molar-refractivity contribution in [2.45, 2.75) is 33.7 Å². The van der Waals surface area contributed by atoms with Crippen LogP contribution in [0, 0.1) is 5.41 Å². The summed E-state index contributed by atoms with van der Waals surface area (Å²) < 4.78 is 2.26. The second-order valence-electron chi connectivity index (χ2n) is 6.24. The fourth-order valence-corrected chi connectivity index (χ4v) is 2.40. The molecule has 0 aliphatic heterocycles. The molecular weight excluding hydrogens is 256 g/mol. The molecule has 0 bridgehead atoms. The van der Waals surface area contributed by atoms with E-state index >= 15 is 0 Å². The van der Waals surface area contributed by atoms with Crippen LogP contribution >= 0.6 is 11.6 Å². The Kier molecular flexibility index (Phi) is 4.54. The van der Waals surface area contributed by atoms with Gasteiger partial charge in [-0.1, -0.05) is 38.4 Å². The van der Waals surface area contributed by atoms with E-state index in [1.54, 1.807) is 0 Å². The second kappa shape index (κ2) is 5.98. The molecule has 2 aromatic rings. The van der Waals surface area contributed by atoms with Crippen molar-refractivity contribution in [1.29, 1.82) is 0 Å². The molecule has 0 saturated heterocycles. The van der Waals surface area contributed by atoms with E-state index in [4.69, 9.17) is 11.6 Å². The summed E-state index contributed by atoms with van der Waals surface area (Å²) in [6, 6.07) is 8.16. The summed E-state index contributed by atoms with van der Waals surface area (Å²) in [4.78, 5) is 0. The number of hydrogen-bond acceptors (Lipinski definition) is 1. The number of hydrogen-bond donors (Lipinski definition) is 1. The van der Waals surface area contributed by atoms with Crippen molar-refractivity contribution < 1.29 is 0 Å². The van der Waals surface area contributed by atoms with E-state index < -0.39 is 0 Å². The largest absolute Gasteiger partial charge is 0.346 e. The highest BCUT2D eigenvalue weighted by atomic mass is 35.5. The van der Waals surface area contributed by atoms with Crippen LogP contribution in [0.25, 0.3) is 10.9 Å². The molecule has 19 heavy (non-hydrogen) atoms. The average molecular weight is 279 g/mol. The van der Waals surface area contributed by atoms with Crippen molar-refractivity contribution in [3.8, 4) is 0 Å². The summed E-state index contributed by atoms with van der Waals surface area (Å²) >= 11 is 6.18. The van der Waals surface area contributed by atoms with Crippen molar-refractivity contribution >= 4 is 22.5 Å². The molecule has 1 aromatic carbocycles. The standard InChI is InChI=1S/C16H23ClN2/c1-16(2,3)8-9-18-10-12-19-11-7-13-14(17)5-4-6-15(13)19/h4-7,11,18H,8-10,12H2,1-3H3. The van der Waals surface area contributed by atoms with Crippen molar-refractivity contribution in [3.05, 3.63) is 35.5 Å². The minimum Gasteiger partial charge on any atom is -0.346 e. The Hall–Kier alpha value is -0.990. The molecule has 0 spiro atoms. The summed E-state index contributed by atoms with van der Waals surface area (Å²) in [6.07, 6.45) is 3.31. The van der Waals surface area contributed by atoms with E-state index in [1.807, 2.05) is 12.1 Å². The van der Waals surface area contributed by atoms with Crippen LogP contribution in [-0.4, -0.2) is 17.7 Å². The first-order chi connectivity index (χ1) is 8.97. The second-order valence-corrected chi connectivity index (χ2v) is 6.65. The Morgan fingerprint density at radius 2 is 1.95 bits per heavy atom. The van der Waals surface area contributed by atoms with Gasteiger partial charge in [0.25, 0.3) is 0 Å². The predicted molar refractivity (Wildman–Crippen MR) is 83.9 cm³/mol. The third kappa shape index (κ3) is 3.99. The van der Waals surface area contributed by atoms with Crippen LogP contribution in [0.5, 0.6) is 0 Å². The summed E-state index contributed by atoms with van der Waals surface area (Å²) in [7, 11) is 0. The van der Waals surface area contributed by atoms with Crippen LogP contribution in [0.4, 0.5) is 0 Å². The molecule has 0 radical (unpaired) electrons. The number of nitrogens with one attached hydrogen (secondary N) is 1. The number of rotatable bonds is 5. The first kappa shape index (κ1) is 14.4. The van der Waals surface area contributed by atoms with Gasteiger partial charge in [0, 0.05) is 35.2 Å². The van der Waals surface area contributed by atoms with E-state index in [1.165, 1.54) is 11.9 Å². The Morgan fingerprint density at radius 1 is 1.16 bits per heavy atom. The smallest absolute Gasteiger partial charge is 0.0499 e. The lowest BCUT2D eigenvalue weighted by Gasteiger charge is -2.18. The number of benzene rings is 1. The fraction of sp³-hybridized carbons (Fsp3) is 0.500. The molecule has 0 aliphatic rings. The van der Waals surface area contributed by atoms with Gasteiger partial charge in [-0.3, -0.25) is 0 Å². The summed E-state index contributed by atoms with van der Waals surface area (Å²) in [5, 5.41) is 5.47. The molecule has 0 amide bonds. The van der Waals surface area contributed by atoms with E-state index in [-0.39, 0.29) is 0 Å². The average Bonchev–Trinajstić information content (AvgIpc) is 2.72. The van der Waals surface area contributed by atoms with Gasteiger partial charge < -0.3 is 9.88 Å². The van der Waals surface area contributed by atoms with Gasteiger partial charge in [0.2, 0.25) is 0 Å². The molecule has 1 N–H and O–H groups in total. The molecule has 0 fully saturated rings. The SMILES string of the molecule is CC(C)(C)CCNCCn1ccc2c(Cl)cccc21. The van der Waals surface area contributed by atoms with Crippen LogP contribution in [0.3, 0.4) is 0 Å². The fourth-order valence-electron chi connectivity index (χ4n) is 2.17. The van der Waals surface area contributed by atoms with E-state index in [2.05, 4.69) is 49.0 Å². The van der Waals surface area contributed by atoms with Gasteiger partial charge in [-0.05, 0) is 36.6 Å². The third-order valence-corrected chi connectivity index (χ3v) is 3.67. The van der Waals surface area contributed by atoms with E-state index in [0.29, 0.717) is 5.41 Å². The van der Waals surface area contributed by atoms with Gasteiger partial charge in [0.1, 0.15) is 0 Å². The highest BCUT2D eigenvalue weighted by Crippen LogP contribution is 2.24. The van der Waals surface area contributed by atoms with Crippen LogP contribution in [0.1, 0.15) is 27.2 Å². The van der Waals surface area contributed by atoms with Crippen molar-refractivity contribution in [2.75, 3.05) is 13.1 Å². The first-order valence-electron chi connectivity index (χ1n) is 6.91. The lowest BCUT2D eigenvalue weighted by atomic mass is 9.92. The summed E-state index contributed by atoms with van der Waals surface area (Å²) in [6.45, 7) is 9.87. The predicted octanol–water partition coefficient (Wildman–Crippen LogP) is 4.32. The highest BCUT2D eigenvalue weighted by molar-refractivity contribution is 6.35. The van der Waals surface area contributed by atoms with Gasteiger partial charge in [-0.15, -0.1) is 0 Å². The molecule has 0 saturated carbocycles. The highest BCUT2D eigenvalue weighted by Gasteiger charge is 2.08. The molecule has 1 heterocycles. The Labute approximate surface area is 120 Å². The molecule has 0 aliphatic carbocycles. The third-order valence-electron chi connectivity index (χ3n) is 3.34. The lowest BCUT2D eigenvalue weighted by molar-refractivity contribution is 0.365. The maximum absolute atomic E-state index is 6.18. The van der Waals surface area contributed by atoms with E-state index in [0.717, 1.165) is 30.0 Å². The van der Waals surface area contributed by atoms with Crippen molar-refractivity contribution in [3.63, 3.8) is 0 Å². The lowest BCUT2D eigenvalue weighted by Crippen LogP contribution is -2.24. The summed E-state index contributed by atoms with van der Waals surface area (Å²) in [5.74, 6) is 0. The molecular formula is C16H23ClN2. The van der Waals surface area contributed by atoms with Gasteiger partial charge in [0.05, 0.1) is 0 Å². The van der Waals surface area contributed by atoms with Crippen LogP contribution < -0.4 is 5.32 Å². The maximum atomic E-state index is 6.18. The Morgan fingerprint density at radius 3 is 2.68 bits per heavy atom. The van der Waals surface area contributed by atoms with Crippen LogP contribution in [0.2, 0.25) is 5.02 Å². The molecule has 104 valence electrons. The molecule has 3 heteroatoms. The molecule has 0 unspecified atom stereocenters. The van der Waals surface area contributed by atoms with Crippen molar-refractivity contribution in [1.82, 2.24) is 9.88 Å². The normalized spacial score (nSPS) is 12.2. The molecule has 0 atom stereocenters. The quantitative estimate of drug-likeness (QED) is 0.806. The molecule has 1 aromatic heterocycles. The number of fused-ring (bicyclic) bond motifs is 1. The maximum Gasteiger partial charge on any atom is 0.0499 e. The Bertz CT molecular complexity index is 537. The first-order valence-corrected chi connectivity index (χ1v) is 7.29. The molecule has 2 nitrogen and oxygen atoms in total. The molecule has 2 rings (SSSR count). The van der Waals surface area contributed by atoms with Gasteiger partial charge in [0.15, 0.2) is 0 Å². The zero-order chi connectivity index (χ0) is 13.9. The van der Waals surface area contributed by atoms with Gasteiger partial charge in [-0.25, -0.2) is 0 Å². The van der Waals surface area contributed by atoms with Crippen LogP contribution in [-0.2, 0) is 6.54 Å². The summed E-state index contributed by atoms with van der Waals surface area (Å²) in [5.41, 5.74) is 1.62. The number of halogens is 1. The number of aromatic nitrogens is 1. The zero-order valence-electron chi connectivity index (χ0n) is 12.0. The van der Waals surface area contributed by atoms with Crippen LogP contribution in [0.15, 0.2) is 30.5 Å². The minimum absolute atomic E-state index is 0.403. The number of nitrogens with zero attached hydrogens (tertiary/aromatic N) is 1. The van der Waals surface area contributed by atoms with Gasteiger partial charge >= 0.3 is 0 Å². The Balaban J connectivity index is 1.87. The van der Waals surface area contributed by atoms with Crippen molar-refractivity contribution in [2.24, 2.45) is 5.41 Å². The topological polar surface area (TPSA) is 17.0 Å². The monoisotopic (exact) mass is 278 g/mol. The minimum atomic E-state index is 0.403. The van der Waals surface area contributed by atoms with Gasteiger partial charge in [-0.2, -0.15) is 0 Å². The zero-order valence-corrected chi connectivity index (χ0v) is 12.8. The van der Waals surface area contributed by atoms with E-state index in [9.17, 15) is 0 Å².